The van der Waals surface area contributed by atoms with Gasteiger partial charge in [0, 0.05) is 12.6 Å². The van der Waals surface area contributed by atoms with Gasteiger partial charge in [-0.1, -0.05) is 25.0 Å². The van der Waals surface area contributed by atoms with Crippen molar-refractivity contribution in [2.75, 3.05) is 6.54 Å². The third-order valence-electron chi connectivity index (χ3n) is 3.51. The first kappa shape index (κ1) is 13.0. The summed E-state index contributed by atoms with van der Waals surface area (Å²) < 4.78 is 13.1. The Morgan fingerprint density at radius 2 is 2.17 bits per heavy atom. The van der Waals surface area contributed by atoms with Crippen LogP contribution in [0.3, 0.4) is 0 Å². The number of carboxylic acids is 1. The zero-order valence-electron chi connectivity index (χ0n) is 10.2. The second-order valence-corrected chi connectivity index (χ2v) is 4.84. The highest BCUT2D eigenvalue weighted by Crippen LogP contribution is 2.20. The van der Waals surface area contributed by atoms with Gasteiger partial charge in [-0.25, -0.2) is 4.39 Å². The summed E-state index contributed by atoms with van der Waals surface area (Å²) in [4.78, 5) is 11.3. The molecule has 0 heterocycles. The Labute approximate surface area is 106 Å². The van der Waals surface area contributed by atoms with Crippen LogP contribution < -0.4 is 5.32 Å². The fourth-order valence-electron chi connectivity index (χ4n) is 2.49. The van der Waals surface area contributed by atoms with Crippen LogP contribution in [-0.2, 0) is 4.79 Å². The summed E-state index contributed by atoms with van der Waals surface area (Å²) in [5.74, 6) is -1.98. The van der Waals surface area contributed by atoms with Crippen molar-refractivity contribution in [3.63, 3.8) is 0 Å². The van der Waals surface area contributed by atoms with Crippen LogP contribution in [0.15, 0.2) is 24.3 Å². The molecule has 0 amide bonds. The van der Waals surface area contributed by atoms with Crippen molar-refractivity contribution < 1.29 is 14.3 Å². The number of carbonyl (C=O) groups is 1. The van der Waals surface area contributed by atoms with Gasteiger partial charge in [0.2, 0.25) is 0 Å². The van der Waals surface area contributed by atoms with Gasteiger partial charge in [-0.2, -0.15) is 0 Å². The lowest BCUT2D eigenvalue weighted by atomic mass is 9.98. The average molecular weight is 251 g/mol. The number of halogens is 1. The topological polar surface area (TPSA) is 49.3 Å². The van der Waals surface area contributed by atoms with Crippen LogP contribution in [0.25, 0.3) is 0 Å². The number of rotatable bonds is 5. The number of hydrogen-bond acceptors (Lipinski definition) is 2. The minimum Gasteiger partial charge on any atom is -0.481 e. The standard InChI is InChI=1S/C14H18FNO2/c15-11-5-3-4-10(8-11)13(14(17)18)9-16-12-6-1-2-7-12/h3-5,8,12-13,16H,1-2,6-7,9H2,(H,17,18). The SMILES string of the molecule is O=C(O)C(CNC1CCCC1)c1cccc(F)c1. The molecule has 1 fully saturated rings. The van der Waals surface area contributed by atoms with Crippen LogP contribution in [0, 0.1) is 5.82 Å². The van der Waals surface area contributed by atoms with Gasteiger partial charge in [0.1, 0.15) is 5.82 Å². The molecule has 1 aliphatic rings. The molecule has 2 N–H and O–H groups in total. The summed E-state index contributed by atoms with van der Waals surface area (Å²) in [6.45, 7) is 0.365. The van der Waals surface area contributed by atoms with Crippen molar-refractivity contribution in [3.8, 4) is 0 Å². The van der Waals surface area contributed by atoms with E-state index in [1.807, 2.05) is 0 Å². The van der Waals surface area contributed by atoms with Gasteiger partial charge < -0.3 is 10.4 Å². The molecule has 1 aromatic rings. The van der Waals surface area contributed by atoms with Gasteiger partial charge in [0.05, 0.1) is 5.92 Å². The van der Waals surface area contributed by atoms with Crippen LogP contribution >= 0.6 is 0 Å². The largest absolute Gasteiger partial charge is 0.481 e. The van der Waals surface area contributed by atoms with Crippen molar-refractivity contribution >= 4 is 5.97 Å². The van der Waals surface area contributed by atoms with Gasteiger partial charge in [0.15, 0.2) is 0 Å². The molecular formula is C14H18FNO2. The predicted octanol–water partition coefficient (Wildman–Crippen LogP) is 2.53. The van der Waals surface area contributed by atoms with Crippen LogP contribution in [-0.4, -0.2) is 23.7 Å². The summed E-state index contributed by atoms with van der Waals surface area (Å²) in [5.41, 5.74) is 0.521. The Hall–Kier alpha value is -1.42. The molecule has 4 heteroatoms. The zero-order valence-corrected chi connectivity index (χ0v) is 10.2. The molecule has 0 aliphatic heterocycles. The third-order valence-corrected chi connectivity index (χ3v) is 3.51. The molecule has 0 aromatic heterocycles. The number of benzene rings is 1. The molecule has 98 valence electrons. The predicted molar refractivity (Wildman–Crippen MR) is 67.0 cm³/mol. The Morgan fingerprint density at radius 1 is 1.44 bits per heavy atom. The van der Waals surface area contributed by atoms with E-state index in [2.05, 4.69) is 5.32 Å². The van der Waals surface area contributed by atoms with E-state index >= 15 is 0 Å². The summed E-state index contributed by atoms with van der Waals surface area (Å²) in [6, 6.07) is 6.26. The van der Waals surface area contributed by atoms with Crippen LogP contribution in [0.1, 0.15) is 37.2 Å². The molecule has 0 bridgehead atoms. The lowest BCUT2D eigenvalue weighted by molar-refractivity contribution is -0.138. The number of carboxylic acid groups (broad SMARTS) is 1. The molecule has 0 spiro atoms. The fourth-order valence-corrected chi connectivity index (χ4v) is 2.49. The molecule has 1 unspecified atom stereocenters. The van der Waals surface area contributed by atoms with Crippen molar-refractivity contribution in [3.05, 3.63) is 35.6 Å². The first-order chi connectivity index (χ1) is 8.66. The molecule has 0 saturated heterocycles. The van der Waals surface area contributed by atoms with E-state index in [1.54, 1.807) is 12.1 Å². The average Bonchev–Trinajstić information content (AvgIpc) is 2.82. The van der Waals surface area contributed by atoms with Gasteiger partial charge in [-0.15, -0.1) is 0 Å². The van der Waals surface area contributed by atoms with Crippen molar-refractivity contribution in [1.29, 1.82) is 0 Å². The number of aliphatic carboxylic acids is 1. The molecule has 2 rings (SSSR count). The van der Waals surface area contributed by atoms with Crippen molar-refractivity contribution in [2.24, 2.45) is 0 Å². The van der Waals surface area contributed by atoms with Gasteiger partial charge in [0.25, 0.3) is 0 Å². The Kier molecular flexibility index (Phi) is 4.31. The summed E-state index contributed by atoms with van der Waals surface area (Å²) in [7, 11) is 0. The van der Waals surface area contributed by atoms with E-state index < -0.39 is 11.9 Å². The number of hydrogen-bond donors (Lipinski definition) is 2. The maximum Gasteiger partial charge on any atom is 0.312 e. The summed E-state index contributed by atoms with van der Waals surface area (Å²) >= 11 is 0. The van der Waals surface area contributed by atoms with Crippen LogP contribution in [0.5, 0.6) is 0 Å². The van der Waals surface area contributed by atoms with Crippen LogP contribution in [0.4, 0.5) is 4.39 Å². The minimum atomic E-state index is -0.911. The van der Waals surface area contributed by atoms with E-state index in [9.17, 15) is 14.3 Å². The highest BCUT2D eigenvalue weighted by Gasteiger charge is 2.22. The van der Waals surface area contributed by atoms with Gasteiger partial charge in [-0.3, -0.25) is 4.79 Å². The lowest BCUT2D eigenvalue weighted by Crippen LogP contribution is -2.33. The molecule has 1 aromatic carbocycles. The van der Waals surface area contributed by atoms with Crippen molar-refractivity contribution in [1.82, 2.24) is 5.32 Å². The molecule has 1 saturated carbocycles. The normalized spacial score (nSPS) is 17.8. The second kappa shape index (κ2) is 5.96. The van der Waals surface area contributed by atoms with E-state index in [1.165, 1.54) is 25.0 Å². The molecule has 0 radical (unpaired) electrons. The van der Waals surface area contributed by atoms with E-state index in [0.29, 0.717) is 18.2 Å². The van der Waals surface area contributed by atoms with Gasteiger partial charge >= 0.3 is 5.97 Å². The quantitative estimate of drug-likeness (QED) is 0.845. The molecule has 1 aliphatic carbocycles. The molecular weight excluding hydrogens is 233 g/mol. The van der Waals surface area contributed by atoms with Crippen LogP contribution in [0.2, 0.25) is 0 Å². The lowest BCUT2D eigenvalue weighted by Gasteiger charge is -2.17. The van der Waals surface area contributed by atoms with Gasteiger partial charge in [-0.05, 0) is 30.5 Å². The monoisotopic (exact) mass is 251 g/mol. The van der Waals surface area contributed by atoms with E-state index in [-0.39, 0.29) is 5.82 Å². The Morgan fingerprint density at radius 3 is 2.78 bits per heavy atom. The smallest absolute Gasteiger partial charge is 0.312 e. The highest BCUT2D eigenvalue weighted by molar-refractivity contribution is 5.76. The maximum absolute atomic E-state index is 13.1. The first-order valence-corrected chi connectivity index (χ1v) is 6.38. The Balaban J connectivity index is 2.01. The molecule has 3 nitrogen and oxygen atoms in total. The Bertz CT molecular complexity index is 416. The zero-order chi connectivity index (χ0) is 13.0. The number of nitrogens with one attached hydrogen (secondary N) is 1. The maximum atomic E-state index is 13.1. The highest BCUT2D eigenvalue weighted by atomic mass is 19.1. The summed E-state index contributed by atoms with van der Waals surface area (Å²) in [5, 5.41) is 12.5. The fraction of sp³-hybridized carbons (Fsp3) is 0.500. The first-order valence-electron chi connectivity index (χ1n) is 6.38. The molecule has 18 heavy (non-hydrogen) atoms. The molecule has 1 atom stereocenters. The third kappa shape index (κ3) is 3.29. The van der Waals surface area contributed by atoms with E-state index in [4.69, 9.17) is 0 Å². The second-order valence-electron chi connectivity index (χ2n) is 4.84. The minimum absolute atomic E-state index is 0.365. The summed E-state index contributed by atoms with van der Waals surface area (Å²) in [6.07, 6.45) is 4.62. The van der Waals surface area contributed by atoms with E-state index in [0.717, 1.165) is 12.8 Å². The van der Waals surface area contributed by atoms with Crippen molar-refractivity contribution in [2.45, 2.75) is 37.6 Å².